The van der Waals surface area contributed by atoms with Crippen molar-refractivity contribution in [2.75, 3.05) is 0 Å². The SMILES string of the molecule is Cc1c2c(c(C)c3ccccc13)[C@H](N=[N+]=[N-])[C@@H](O)c1ccccc1-2. The van der Waals surface area contributed by atoms with Gasteiger partial charge in [-0.3, -0.25) is 0 Å². The van der Waals surface area contributed by atoms with Crippen molar-refractivity contribution in [3.63, 3.8) is 0 Å². The van der Waals surface area contributed by atoms with Crippen molar-refractivity contribution in [3.05, 3.63) is 81.2 Å². The fourth-order valence-corrected chi connectivity index (χ4v) is 4.01. The number of aliphatic hydroxyl groups is 1. The third kappa shape index (κ3) is 1.88. The Kier molecular flexibility index (Phi) is 3.31. The Balaban J connectivity index is 2.22. The highest BCUT2D eigenvalue weighted by Gasteiger charge is 2.34. The van der Waals surface area contributed by atoms with Crippen LogP contribution in [0, 0.1) is 13.8 Å². The molecular weight excluding hydrogens is 298 g/mol. The summed E-state index contributed by atoms with van der Waals surface area (Å²) in [4.78, 5) is 3.00. The van der Waals surface area contributed by atoms with Gasteiger partial charge in [-0.1, -0.05) is 53.6 Å². The molecule has 0 amide bonds. The smallest absolute Gasteiger partial charge is 0.0935 e. The molecule has 0 aliphatic heterocycles. The van der Waals surface area contributed by atoms with Crippen molar-refractivity contribution >= 4 is 10.8 Å². The largest absolute Gasteiger partial charge is 0.388 e. The summed E-state index contributed by atoms with van der Waals surface area (Å²) in [5, 5.41) is 17.1. The molecule has 1 aliphatic rings. The third-order valence-corrected chi connectivity index (χ3v) is 5.10. The van der Waals surface area contributed by atoms with Crippen LogP contribution in [0.4, 0.5) is 0 Å². The molecule has 3 aromatic carbocycles. The molecule has 4 rings (SSSR count). The minimum Gasteiger partial charge on any atom is -0.388 e. The number of hydrogen-bond donors (Lipinski definition) is 1. The molecule has 1 N–H and O–H groups in total. The molecule has 0 heterocycles. The van der Waals surface area contributed by atoms with E-state index in [1.54, 1.807) is 0 Å². The molecule has 0 radical (unpaired) electrons. The maximum atomic E-state index is 10.8. The predicted molar refractivity (Wildman–Crippen MR) is 95.7 cm³/mol. The molecule has 0 aromatic heterocycles. The van der Waals surface area contributed by atoms with Crippen LogP contribution >= 0.6 is 0 Å². The molecule has 1 aliphatic carbocycles. The lowest BCUT2D eigenvalue weighted by Crippen LogP contribution is -2.18. The van der Waals surface area contributed by atoms with Crippen LogP contribution in [0.2, 0.25) is 0 Å². The van der Waals surface area contributed by atoms with Crippen LogP contribution in [-0.2, 0) is 0 Å². The molecule has 3 aromatic rings. The zero-order valence-corrected chi connectivity index (χ0v) is 13.6. The van der Waals surface area contributed by atoms with E-state index in [0.29, 0.717) is 0 Å². The number of nitrogens with zero attached hydrogens (tertiary/aromatic N) is 3. The second-order valence-electron chi connectivity index (χ2n) is 6.27. The fraction of sp³-hybridized carbons (Fsp3) is 0.200. The Morgan fingerprint density at radius 2 is 1.58 bits per heavy atom. The van der Waals surface area contributed by atoms with Gasteiger partial charge in [-0.15, -0.1) is 0 Å². The van der Waals surface area contributed by atoms with Gasteiger partial charge in [-0.05, 0) is 63.5 Å². The first-order valence-corrected chi connectivity index (χ1v) is 7.98. The van der Waals surface area contributed by atoms with Crippen LogP contribution in [0.25, 0.3) is 32.3 Å². The van der Waals surface area contributed by atoms with E-state index < -0.39 is 12.1 Å². The summed E-state index contributed by atoms with van der Waals surface area (Å²) in [5.74, 6) is 0. The second kappa shape index (κ2) is 5.38. The topological polar surface area (TPSA) is 69.0 Å². The molecule has 118 valence electrons. The minimum absolute atomic E-state index is 0.608. The summed E-state index contributed by atoms with van der Waals surface area (Å²) in [6.07, 6.45) is -0.830. The molecule has 4 nitrogen and oxygen atoms in total. The van der Waals surface area contributed by atoms with E-state index in [1.807, 2.05) is 43.3 Å². The molecule has 0 spiro atoms. The second-order valence-corrected chi connectivity index (χ2v) is 6.27. The van der Waals surface area contributed by atoms with E-state index in [-0.39, 0.29) is 0 Å². The van der Waals surface area contributed by atoms with Crippen LogP contribution in [0.1, 0.15) is 34.4 Å². The lowest BCUT2D eigenvalue weighted by molar-refractivity contribution is 0.145. The summed E-state index contributed by atoms with van der Waals surface area (Å²) >= 11 is 0. The number of hydrogen-bond acceptors (Lipinski definition) is 2. The standard InChI is InChI=1S/C20H17N3O/c1-11-13-7-3-4-8-14(13)12(2)18-17(11)15-9-5-6-10-16(15)20(24)19(18)22-23-21/h3-10,19-20,24H,1-2H3/t19-,20-/m0/s1. The van der Waals surface area contributed by atoms with E-state index in [9.17, 15) is 5.11 Å². The van der Waals surface area contributed by atoms with Crippen LogP contribution in [-0.4, -0.2) is 5.11 Å². The van der Waals surface area contributed by atoms with Crippen molar-refractivity contribution in [3.8, 4) is 11.1 Å². The van der Waals surface area contributed by atoms with Crippen LogP contribution in [0.3, 0.4) is 0 Å². The van der Waals surface area contributed by atoms with Crippen LogP contribution < -0.4 is 0 Å². The van der Waals surface area contributed by atoms with Gasteiger partial charge in [0.1, 0.15) is 0 Å². The summed E-state index contributed by atoms with van der Waals surface area (Å²) in [6, 6.07) is 15.5. The zero-order chi connectivity index (χ0) is 16.8. The Labute approximate surface area is 140 Å². The molecule has 0 saturated carbocycles. The quantitative estimate of drug-likeness (QED) is 0.358. The van der Waals surface area contributed by atoms with Crippen molar-refractivity contribution in [2.24, 2.45) is 5.11 Å². The van der Waals surface area contributed by atoms with Crippen molar-refractivity contribution in [2.45, 2.75) is 26.0 Å². The highest BCUT2D eigenvalue weighted by Crippen LogP contribution is 2.50. The van der Waals surface area contributed by atoms with Crippen molar-refractivity contribution in [1.82, 2.24) is 0 Å². The fourth-order valence-electron chi connectivity index (χ4n) is 4.01. The lowest BCUT2D eigenvalue weighted by Gasteiger charge is -2.33. The van der Waals surface area contributed by atoms with Gasteiger partial charge >= 0.3 is 0 Å². The molecular formula is C20H17N3O. The normalized spacial score (nSPS) is 18.6. The monoisotopic (exact) mass is 315 g/mol. The van der Waals surface area contributed by atoms with Gasteiger partial charge in [0.15, 0.2) is 0 Å². The number of benzene rings is 3. The summed E-state index contributed by atoms with van der Waals surface area (Å²) in [6.45, 7) is 4.14. The highest BCUT2D eigenvalue weighted by molar-refractivity contribution is 5.97. The molecule has 2 atom stereocenters. The lowest BCUT2D eigenvalue weighted by atomic mass is 9.75. The summed E-state index contributed by atoms with van der Waals surface area (Å²) < 4.78 is 0. The number of aliphatic hydroxyl groups excluding tert-OH is 1. The highest BCUT2D eigenvalue weighted by atomic mass is 16.3. The van der Waals surface area contributed by atoms with Gasteiger partial charge in [0, 0.05) is 4.91 Å². The number of aryl methyl sites for hydroxylation is 2. The van der Waals surface area contributed by atoms with Crippen LogP contribution in [0.5, 0.6) is 0 Å². The first-order chi connectivity index (χ1) is 11.6. The van der Waals surface area contributed by atoms with Crippen molar-refractivity contribution < 1.29 is 5.11 Å². The van der Waals surface area contributed by atoms with E-state index in [1.165, 1.54) is 5.39 Å². The van der Waals surface area contributed by atoms with Gasteiger partial charge < -0.3 is 5.11 Å². The van der Waals surface area contributed by atoms with Gasteiger partial charge in [0.05, 0.1) is 12.1 Å². The van der Waals surface area contributed by atoms with Crippen molar-refractivity contribution in [1.29, 1.82) is 0 Å². The Bertz CT molecular complexity index is 1020. The van der Waals surface area contributed by atoms with Gasteiger partial charge in [0.25, 0.3) is 0 Å². The Hall–Kier alpha value is -2.81. The number of azide groups is 1. The summed E-state index contributed by atoms with van der Waals surface area (Å²) in [5.41, 5.74) is 15.1. The predicted octanol–water partition coefficient (Wildman–Crippen LogP) is 5.52. The Morgan fingerprint density at radius 1 is 0.958 bits per heavy atom. The molecule has 4 heteroatoms. The molecule has 24 heavy (non-hydrogen) atoms. The molecule has 0 unspecified atom stereocenters. The summed E-state index contributed by atoms with van der Waals surface area (Å²) in [7, 11) is 0. The maximum absolute atomic E-state index is 10.8. The van der Waals surface area contributed by atoms with Crippen LogP contribution in [0.15, 0.2) is 53.6 Å². The maximum Gasteiger partial charge on any atom is 0.0935 e. The average Bonchev–Trinajstić information content (AvgIpc) is 2.62. The zero-order valence-electron chi connectivity index (χ0n) is 13.6. The van der Waals surface area contributed by atoms with E-state index >= 15 is 0 Å². The molecule has 0 saturated heterocycles. The third-order valence-electron chi connectivity index (χ3n) is 5.10. The molecule has 0 fully saturated rings. The van der Waals surface area contributed by atoms with E-state index in [0.717, 1.165) is 38.8 Å². The minimum atomic E-state index is -0.830. The van der Waals surface area contributed by atoms with E-state index in [2.05, 4.69) is 29.1 Å². The average molecular weight is 315 g/mol. The van der Waals surface area contributed by atoms with E-state index in [4.69, 9.17) is 5.53 Å². The van der Waals surface area contributed by atoms with Gasteiger partial charge in [0.2, 0.25) is 0 Å². The molecule has 0 bridgehead atoms. The van der Waals surface area contributed by atoms with Gasteiger partial charge in [-0.2, -0.15) is 0 Å². The van der Waals surface area contributed by atoms with Gasteiger partial charge in [-0.25, -0.2) is 0 Å². The number of rotatable bonds is 1. The first-order valence-electron chi connectivity index (χ1n) is 7.98. The number of fused-ring (bicyclic) bond motifs is 4. The Morgan fingerprint density at radius 3 is 2.29 bits per heavy atom. The first kappa shape index (κ1) is 14.8.